The molecular weight excluding hydrogens is 534 g/mol. The van der Waals surface area contributed by atoms with Crippen LogP contribution in [0.4, 0.5) is 0 Å². The lowest BCUT2D eigenvalue weighted by molar-refractivity contribution is -0.136. The van der Waals surface area contributed by atoms with Crippen molar-refractivity contribution in [3.05, 3.63) is 89.1 Å². The molecule has 2 rings (SSSR count). The Bertz CT molecular complexity index is 1190. The first-order valence-electron chi connectivity index (χ1n) is 15.3. The molecule has 2 aromatic rings. The lowest BCUT2D eigenvalue weighted by Crippen LogP contribution is -2.55. The van der Waals surface area contributed by atoms with Gasteiger partial charge in [-0.1, -0.05) is 103 Å². The molecule has 0 saturated carbocycles. The molecule has 6 heteroatoms. The molecule has 0 aromatic heterocycles. The third-order valence-corrected chi connectivity index (χ3v) is 7.38. The van der Waals surface area contributed by atoms with Crippen LogP contribution in [0, 0.1) is 18.3 Å². The second-order valence-electron chi connectivity index (χ2n) is 13.2. The molecule has 2 N–H and O–H groups in total. The Morgan fingerprint density at radius 1 is 0.977 bits per heavy atom. The molecule has 2 aromatic carbocycles. The Morgan fingerprint density at radius 2 is 1.53 bits per heavy atom. The molecule has 0 bridgehead atoms. The molecule has 1 amide bonds. The number of likely N-dealkylation sites (N-methyl/N-ethyl adjacent to an activating group) is 2. The zero-order valence-corrected chi connectivity index (χ0v) is 28.8. The fourth-order valence-electron chi connectivity index (χ4n) is 4.39. The van der Waals surface area contributed by atoms with Gasteiger partial charge < -0.3 is 20.3 Å². The molecule has 2 atom stereocenters. The number of carbonyl (C=O) groups excluding carboxylic acids is 2. The highest BCUT2D eigenvalue weighted by Gasteiger charge is 2.36. The molecule has 0 spiro atoms. The summed E-state index contributed by atoms with van der Waals surface area (Å²) in [6.07, 6.45) is 1.90. The van der Waals surface area contributed by atoms with Crippen molar-refractivity contribution in [1.29, 1.82) is 0 Å². The van der Waals surface area contributed by atoms with E-state index in [4.69, 9.17) is 4.74 Å². The molecule has 0 aliphatic carbocycles. The van der Waals surface area contributed by atoms with Crippen LogP contribution in [0.5, 0.6) is 5.75 Å². The fraction of sp³-hybridized carbons (Fsp3) is 0.514. The summed E-state index contributed by atoms with van der Waals surface area (Å²) < 4.78 is 5.77. The summed E-state index contributed by atoms with van der Waals surface area (Å²) >= 11 is 0. The van der Waals surface area contributed by atoms with Gasteiger partial charge in [-0.2, -0.15) is 0 Å². The Kier molecular flexibility index (Phi) is 15.5. The first-order chi connectivity index (χ1) is 20.0. The Morgan fingerprint density at radius 3 is 1.98 bits per heavy atom. The van der Waals surface area contributed by atoms with E-state index in [1.165, 1.54) is 16.7 Å². The lowest BCUT2D eigenvalue weighted by atomic mass is 9.85. The zero-order valence-electron chi connectivity index (χ0n) is 28.8. The number of aryl methyl sites for hydroxylation is 1. The van der Waals surface area contributed by atoms with Crippen molar-refractivity contribution < 1.29 is 14.3 Å². The molecule has 0 aliphatic rings. The number of amides is 1. The van der Waals surface area contributed by atoms with Gasteiger partial charge in [0.2, 0.25) is 5.91 Å². The highest BCUT2D eigenvalue weighted by molar-refractivity contribution is 5.92. The predicted octanol–water partition coefficient (Wildman–Crippen LogP) is 7.44. The molecule has 6 nitrogen and oxygen atoms in total. The van der Waals surface area contributed by atoms with Gasteiger partial charge in [0.1, 0.15) is 18.4 Å². The number of carbonyl (C=O) groups is 2. The van der Waals surface area contributed by atoms with Crippen molar-refractivity contribution in [1.82, 2.24) is 15.5 Å². The zero-order chi connectivity index (χ0) is 32.9. The molecule has 0 saturated heterocycles. The minimum atomic E-state index is -0.398. The molecule has 0 radical (unpaired) electrons. The summed E-state index contributed by atoms with van der Waals surface area (Å²) in [5.74, 6) is 1.72. The summed E-state index contributed by atoms with van der Waals surface area (Å²) in [5.41, 5.74) is 5.01. The average molecular weight is 592 g/mol. The number of hydrogen-bond donors (Lipinski definition) is 2. The predicted molar refractivity (Wildman–Crippen MR) is 181 cm³/mol. The van der Waals surface area contributed by atoms with Gasteiger partial charge in [0, 0.05) is 19.3 Å². The number of ketones is 1. The highest BCUT2D eigenvalue weighted by atomic mass is 16.5. The number of nitrogens with one attached hydrogen (secondary N) is 2. The maximum Gasteiger partial charge on any atom is 0.245 e. The summed E-state index contributed by atoms with van der Waals surface area (Å²) in [5, 5.41) is 6.31. The minimum absolute atomic E-state index is 0.00365. The number of Topliss-reactive ketones (excluding diaryl/α,β-unsaturated/α-hetero) is 1. The van der Waals surface area contributed by atoms with Gasteiger partial charge in [0.15, 0.2) is 5.78 Å². The van der Waals surface area contributed by atoms with E-state index in [1.54, 1.807) is 25.8 Å². The Hall–Kier alpha value is -3.38. The largest absolute Gasteiger partial charge is 0.489 e. The normalized spacial score (nSPS) is 13.1. The van der Waals surface area contributed by atoms with E-state index in [9.17, 15) is 9.59 Å². The van der Waals surface area contributed by atoms with E-state index in [0.717, 1.165) is 11.4 Å². The molecule has 0 fully saturated rings. The number of allylic oxidation sites excluding steroid dienone is 1. The molecular formula is C37H57N3O3. The van der Waals surface area contributed by atoms with Gasteiger partial charge >= 0.3 is 0 Å². The van der Waals surface area contributed by atoms with Gasteiger partial charge in [-0.15, -0.1) is 0 Å². The first kappa shape index (κ1) is 37.6. The van der Waals surface area contributed by atoms with Gasteiger partial charge in [0.25, 0.3) is 0 Å². The van der Waals surface area contributed by atoms with Crippen LogP contribution in [-0.2, 0) is 16.2 Å². The van der Waals surface area contributed by atoms with Crippen LogP contribution in [0.15, 0.2) is 72.5 Å². The standard InChI is InChI=1S/C20H37N3O2.C17H20O/c1-13(2)17(11-14(3)16(5)24)23(10)19(25)18(20(6,7)8)22-15(4)12-21-9;1-13(2)16-8-10-17(11-9-16)18-12-15-6-4-14(3)5-7-15/h11,13,17-18,21-22H,4,12H2,1-3,5-10H3;4-11,13H,12H2,1-3H3/b14-11+;/t17-,18?;/m1./s1. The van der Waals surface area contributed by atoms with E-state index in [0.29, 0.717) is 24.6 Å². The monoisotopic (exact) mass is 591 g/mol. The molecule has 43 heavy (non-hydrogen) atoms. The number of ether oxygens (including phenoxy) is 1. The lowest BCUT2D eigenvalue weighted by Gasteiger charge is -2.38. The molecule has 0 aliphatic heterocycles. The maximum atomic E-state index is 13.2. The van der Waals surface area contributed by atoms with Crippen LogP contribution < -0.4 is 15.4 Å². The average Bonchev–Trinajstić information content (AvgIpc) is 2.93. The van der Waals surface area contributed by atoms with Crippen molar-refractivity contribution >= 4 is 11.7 Å². The van der Waals surface area contributed by atoms with Crippen LogP contribution in [0.25, 0.3) is 0 Å². The Balaban J connectivity index is 0.000000450. The van der Waals surface area contributed by atoms with Crippen LogP contribution >= 0.6 is 0 Å². The number of hydrogen-bond acceptors (Lipinski definition) is 5. The van der Waals surface area contributed by atoms with E-state index in [2.05, 4.69) is 88.2 Å². The van der Waals surface area contributed by atoms with Gasteiger partial charge in [-0.25, -0.2) is 0 Å². The number of rotatable bonds is 13. The quantitative estimate of drug-likeness (QED) is 0.237. The van der Waals surface area contributed by atoms with E-state index >= 15 is 0 Å². The second kappa shape index (κ2) is 17.7. The molecule has 238 valence electrons. The van der Waals surface area contributed by atoms with Crippen LogP contribution in [0.2, 0.25) is 0 Å². The fourth-order valence-corrected chi connectivity index (χ4v) is 4.39. The first-order valence-corrected chi connectivity index (χ1v) is 15.3. The van der Waals surface area contributed by atoms with Crippen LogP contribution in [0.1, 0.15) is 84.9 Å². The topological polar surface area (TPSA) is 70.7 Å². The Labute approximate surface area is 262 Å². The minimum Gasteiger partial charge on any atom is -0.489 e. The summed E-state index contributed by atoms with van der Waals surface area (Å²) in [7, 11) is 3.65. The van der Waals surface area contributed by atoms with Crippen molar-refractivity contribution in [3.63, 3.8) is 0 Å². The van der Waals surface area contributed by atoms with E-state index < -0.39 is 6.04 Å². The van der Waals surface area contributed by atoms with Gasteiger partial charge in [0.05, 0.1) is 6.04 Å². The molecule has 1 unspecified atom stereocenters. The third-order valence-electron chi connectivity index (χ3n) is 7.38. The van der Waals surface area contributed by atoms with Gasteiger partial charge in [-0.3, -0.25) is 9.59 Å². The summed E-state index contributed by atoms with van der Waals surface area (Å²) in [6, 6.07) is 16.3. The van der Waals surface area contributed by atoms with E-state index in [-0.39, 0.29) is 29.1 Å². The van der Waals surface area contributed by atoms with Crippen molar-refractivity contribution in [2.24, 2.45) is 11.3 Å². The van der Waals surface area contributed by atoms with E-state index in [1.807, 2.05) is 46.0 Å². The second-order valence-corrected chi connectivity index (χ2v) is 13.2. The number of nitrogens with zero attached hydrogens (tertiary/aromatic N) is 1. The summed E-state index contributed by atoms with van der Waals surface area (Å²) in [6.45, 7) is 25.2. The van der Waals surface area contributed by atoms with Gasteiger partial charge in [-0.05, 0) is 73.9 Å². The number of benzene rings is 2. The van der Waals surface area contributed by atoms with Crippen LogP contribution in [0.3, 0.4) is 0 Å². The summed E-state index contributed by atoms with van der Waals surface area (Å²) in [4.78, 5) is 26.6. The van der Waals surface area contributed by atoms with Crippen molar-refractivity contribution in [3.8, 4) is 5.75 Å². The molecule has 0 heterocycles. The highest BCUT2D eigenvalue weighted by Crippen LogP contribution is 2.24. The van der Waals surface area contributed by atoms with Crippen molar-refractivity contribution in [2.75, 3.05) is 20.6 Å². The van der Waals surface area contributed by atoms with Crippen LogP contribution in [-0.4, -0.2) is 49.3 Å². The smallest absolute Gasteiger partial charge is 0.245 e. The SMILES string of the molecule is C=C(CNC)NC(C(=O)N(C)[C@H](/C=C(\C)C(C)=O)C(C)C)C(C)(C)C.Cc1ccc(COc2ccc(C(C)C)cc2)cc1. The maximum absolute atomic E-state index is 13.2. The van der Waals surface area contributed by atoms with Crippen molar-refractivity contribution in [2.45, 2.75) is 93.8 Å². The third kappa shape index (κ3) is 13.2.